The number of halogens is 4. The Morgan fingerprint density at radius 3 is 1.28 bits per heavy atom. The number of benzene rings is 2. The van der Waals surface area contributed by atoms with Gasteiger partial charge in [-0.15, -0.1) is 0 Å². The molecule has 160 valence electrons. The molecule has 0 aliphatic carbocycles. The second-order valence-electron chi connectivity index (χ2n) is 5.90. The molecule has 0 heterocycles. The van der Waals surface area contributed by atoms with Gasteiger partial charge in [0.05, 0.1) is 27.7 Å². The summed E-state index contributed by atoms with van der Waals surface area (Å²) in [5, 5.41) is 19.4. The van der Waals surface area contributed by atoms with Crippen LogP contribution >= 0.6 is 63.7 Å². The van der Waals surface area contributed by atoms with Crippen molar-refractivity contribution in [2.24, 2.45) is 0 Å². The number of ether oxygens (including phenoxy) is 2. The molecule has 0 radical (unpaired) electrons. The first-order valence-corrected chi connectivity index (χ1v) is 13.1. The number of hydrogen-bond donors (Lipinski definition) is 2. The molecule has 0 aliphatic heterocycles. The molecule has 0 saturated heterocycles. The Kier molecular flexibility index (Phi) is 9.02. The summed E-state index contributed by atoms with van der Waals surface area (Å²) in [6.07, 6.45) is -1.27. The molecule has 0 amide bonds. The van der Waals surface area contributed by atoms with Crippen LogP contribution in [0.4, 0.5) is 0 Å². The van der Waals surface area contributed by atoms with E-state index in [0.717, 1.165) is 0 Å². The number of rotatable bonds is 8. The lowest BCUT2D eigenvalue weighted by atomic mass is 10.3. The van der Waals surface area contributed by atoms with E-state index in [9.17, 15) is 18.6 Å². The van der Waals surface area contributed by atoms with E-state index >= 15 is 0 Å². The van der Waals surface area contributed by atoms with Gasteiger partial charge in [0.15, 0.2) is 24.1 Å². The third-order valence-corrected chi connectivity index (χ3v) is 7.84. The molecule has 6 nitrogen and oxygen atoms in total. The molecule has 2 atom stereocenters. The zero-order chi connectivity index (χ0) is 21.9. The van der Waals surface area contributed by atoms with Gasteiger partial charge in [-0.25, -0.2) is 8.42 Å². The second kappa shape index (κ2) is 10.4. The normalized spacial score (nSPS) is 13.8. The summed E-state index contributed by atoms with van der Waals surface area (Å²) in [5.41, 5.74) is 0. The van der Waals surface area contributed by atoms with E-state index < -0.39 is 22.4 Å². The first-order chi connectivity index (χ1) is 13.5. The lowest BCUT2D eigenvalue weighted by Crippen LogP contribution is -2.15. The van der Waals surface area contributed by atoms with Crippen molar-refractivity contribution < 1.29 is 28.1 Å². The van der Waals surface area contributed by atoms with E-state index in [1.54, 1.807) is 13.8 Å². The molecule has 2 rings (SSSR count). The van der Waals surface area contributed by atoms with Crippen LogP contribution in [0.2, 0.25) is 0 Å². The van der Waals surface area contributed by atoms with Crippen molar-refractivity contribution in [2.45, 2.75) is 49.1 Å². The molecule has 2 unspecified atom stereocenters. The van der Waals surface area contributed by atoms with Gasteiger partial charge < -0.3 is 19.7 Å². The van der Waals surface area contributed by atoms with Crippen LogP contribution < -0.4 is 9.47 Å². The molecule has 0 fully saturated rings. The zero-order valence-electron chi connectivity index (χ0n) is 15.3. The van der Waals surface area contributed by atoms with Gasteiger partial charge in [0, 0.05) is 12.8 Å². The molecule has 0 bridgehead atoms. The zero-order valence-corrected chi connectivity index (χ0v) is 22.5. The van der Waals surface area contributed by atoms with Crippen LogP contribution in [-0.2, 0) is 9.84 Å². The van der Waals surface area contributed by atoms with Gasteiger partial charge in [-0.3, -0.25) is 0 Å². The summed E-state index contributed by atoms with van der Waals surface area (Å²) < 4.78 is 38.6. The molecule has 0 saturated carbocycles. The van der Waals surface area contributed by atoms with Crippen molar-refractivity contribution >= 4 is 73.6 Å². The van der Waals surface area contributed by atoms with Gasteiger partial charge >= 0.3 is 0 Å². The summed E-state index contributed by atoms with van der Waals surface area (Å²) in [6.45, 7) is 3.52. The standard InChI is InChI=1S/C18H18Br4O6S/c1-3-15(23)27-17-11(19)5-9(6-12(17)20)29(25,26)10-7-13(21)18(14(22)8-10)28-16(24)4-2/h5-8,15-16,23-24H,3-4H2,1-2H3. The van der Waals surface area contributed by atoms with Gasteiger partial charge in [0.1, 0.15) is 0 Å². The molecule has 0 aliphatic rings. The van der Waals surface area contributed by atoms with Gasteiger partial charge in [0.25, 0.3) is 0 Å². The van der Waals surface area contributed by atoms with E-state index in [-0.39, 0.29) is 9.79 Å². The monoisotopic (exact) mass is 678 g/mol. The molecular formula is C18H18Br4O6S. The summed E-state index contributed by atoms with van der Waals surface area (Å²) >= 11 is 13.2. The third kappa shape index (κ3) is 5.96. The highest BCUT2D eigenvalue weighted by Gasteiger charge is 2.24. The van der Waals surface area contributed by atoms with Crippen LogP contribution in [0.3, 0.4) is 0 Å². The van der Waals surface area contributed by atoms with Crippen LogP contribution in [0.25, 0.3) is 0 Å². The Balaban J connectivity index is 2.48. The minimum atomic E-state index is -3.89. The van der Waals surface area contributed by atoms with Crippen LogP contribution in [0.1, 0.15) is 26.7 Å². The maximum atomic E-state index is 13.2. The maximum absolute atomic E-state index is 13.2. The lowest BCUT2D eigenvalue weighted by molar-refractivity contribution is -0.0207. The number of aliphatic hydroxyl groups is 2. The molecule has 0 spiro atoms. The first kappa shape index (κ1) is 25.1. The van der Waals surface area contributed by atoms with Crippen molar-refractivity contribution in [3.8, 4) is 11.5 Å². The Bertz CT molecular complexity index is 876. The van der Waals surface area contributed by atoms with Crippen molar-refractivity contribution in [2.75, 3.05) is 0 Å². The number of aliphatic hydroxyl groups excluding tert-OH is 2. The quantitative estimate of drug-likeness (QED) is 0.343. The van der Waals surface area contributed by atoms with E-state index in [1.807, 2.05) is 0 Å². The van der Waals surface area contributed by atoms with E-state index in [2.05, 4.69) is 63.7 Å². The Labute approximate surface area is 203 Å². The van der Waals surface area contributed by atoms with E-state index in [4.69, 9.17) is 9.47 Å². The lowest BCUT2D eigenvalue weighted by Gasteiger charge is -2.17. The fourth-order valence-electron chi connectivity index (χ4n) is 2.18. The largest absolute Gasteiger partial charge is 0.463 e. The van der Waals surface area contributed by atoms with Crippen LogP contribution in [0.15, 0.2) is 51.9 Å². The van der Waals surface area contributed by atoms with Gasteiger partial charge in [0.2, 0.25) is 9.84 Å². The molecule has 11 heteroatoms. The highest BCUT2D eigenvalue weighted by atomic mass is 79.9. The van der Waals surface area contributed by atoms with Crippen molar-refractivity contribution in [1.82, 2.24) is 0 Å². The van der Waals surface area contributed by atoms with Gasteiger partial charge in [-0.05, 0) is 88.0 Å². The predicted molar refractivity (Wildman–Crippen MR) is 123 cm³/mol. The Hall–Kier alpha value is -0.170. The summed E-state index contributed by atoms with van der Waals surface area (Å²) in [4.78, 5) is 0.0475. The molecule has 2 aromatic carbocycles. The molecule has 29 heavy (non-hydrogen) atoms. The Morgan fingerprint density at radius 1 is 0.759 bits per heavy atom. The molecular weight excluding hydrogens is 664 g/mol. The second-order valence-corrected chi connectivity index (χ2v) is 11.3. The van der Waals surface area contributed by atoms with Crippen molar-refractivity contribution in [3.63, 3.8) is 0 Å². The minimum Gasteiger partial charge on any atom is -0.463 e. The molecule has 0 aromatic heterocycles. The highest BCUT2D eigenvalue weighted by molar-refractivity contribution is 9.11. The minimum absolute atomic E-state index is 0.0237. The van der Waals surface area contributed by atoms with Crippen molar-refractivity contribution in [3.05, 3.63) is 42.2 Å². The average molecular weight is 682 g/mol. The van der Waals surface area contributed by atoms with Gasteiger partial charge in [-0.1, -0.05) is 13.8 Å². The molecule has 2 N–H and O–H groups in total. The average Bonchev–Trinajstić information content (AvgIpc) is 2.66. The topological polar surface area (TPSA) is 93.1 Å². The predicted octanol–water partition coefficient (Wildman–Crippen LogP) is 5.78. The number of sulfone groups is 1. The first-order valence-electron chi connectivity index (χ1n) is 8.43. The van der Waals surface area contributed by atoms with Crippen LogP contribution in [0, 0.1) is 0 Å². The highest BCUT2D eigenvalue weighted by Crippen LogP contribution is 2.41. The maximum Gasteiger partial charge on any atom is 0.206 e. The van der Waals surface area contributed by atoms with E-state index in [0.29, 0.717) is 42.2 Å². The Morgan fingerprint density at radius 2 is 1.03 bits per heavy atom. The summed E-state index contributed by atoms with van der Waals surface area (Å²) in [5.74, 6) is 0.607. The summed E-state index contributed by atoms with van der Waals surface area (Å²) in [6, 6.07) is 5.63. The summed E-state index contributed by atoms with van der Waals surface area (Å²) in [7, 11) is -3.89. The van der Waals surface area contributed by atoms with E-state index in [1.165, 1.54) is 24.3 Å². The smallest absolute Gasteiger partial charge is 0.206 e. The van der Waals surface area contributed by atoms with Crippen molar-refractivity contribution in [1.29, 1.82) is 0 Å². The SMILES string of the molecule is CCC(O)Oc1c(Br)cc(S(=O)(=O)c2cc(Br)c(OC(O)CC)c(Br)c2)cc1Br. The van der Waals surface area contributed by atoms with Crippen LogP contribution in [0.5, 0.6) is 11.5 Å². The van der Waals surface area contributed by atoms with Gasteiger partial charge in [-0.2, -0.15) is 0 Å². The fourth-order valence-corrected chi connectivity index (χ4v) is 6.90. The van der Waals surface area contributed by atoms with Crippen LogP contribution in [-0.4, -0.2) is 31.2 Å². The third-order valence-electron chi connectivity index (χ3n) is 3.77. The fraction of sp³-hybridized carbons (Fsp3) is 0.333. The molecule has 2 aromatic rings. The number of hydrogen-bond acceptors (Lipinski definition) is 6.